The zero-order chi connectivity index (χ0) is 13.7. The molecule has 1 atom stereocenters. The number of hydrogen-bond acceptors (Lipinski definition) is 3. The molecule has 1 heterocycles. The lowest BCUT2D eigenvalue weighted by Crippen LogP contribution is -2.23. The van der Waals surface area contributed by atoms with E-state index in [9.17, 15) is 8.78 Å². The Morgan fingerprint density at radius 3 is 2.74 bits per heavy atom. The van der Waals surface area contributed by atoms with Gasteiger partial charge in [-0.25, -0.2) is 0 Å². The molecule has 0 bridgehead atoms. The molecule has 1 N–H and O–H groups in total. The summed E-state index contributed by atoms with van der Waals surface area (Å²) in [6.45, 7) is -2.18. The Bertz CT molecular complexity index is 449. The molecule has 1 aliphatic rings. The number of likely N-dealkylation sites (N-methyl/N-ethyl adjacent to an activating group) is 1. The third kappa shape index (κ3) is 3.44. The summed E-state index contributed by atoms with van der Waals surface area (Å²) < 4.78 is 35.0. The van der Waals surface area contributed by atoms with Gasteiger partial charge in [0, 0.05) is 5.56 Å². The van der Waals surface area contributed by atoms with Crippen LogP contribution in [-0.4, -0.2) is 20.3 Å². The van der Waals surface area contributed by atoms with Gasteiger partial charge in [0.05, 0.1) is 12.6 Å². The van der Waals surface area contributed by atoms with E-state index in [1.165, 1.54) is 6.07 Å². The fourth-order valence-electron chi connectivity index (χ4n) is 2.15. The smallest absolute Gasteiger partial charge is 0.387 e. The summed E-state index contributed by atoms with van der Waals surface area (Å²) in [5, 5.41) is 3.08. The van der Waals surface area contributed by atoms with Gasteiger partial charge in [0.2, 0.25) is 0 Å². The second kappa shape index (κ2) is 6.52. The molecule has 0 spiro atoms. The van der Waals surface area contributed by atoms with Crippen molar-refractivity contribution in [2.24, 2.45) is 0 Å². The summed E-state index contributed by atoms with van der Waals surface area (Å²) in [6, 6.07) is 6.49. The van der Waals surface area contributed by atoms with Gasteiger partial charge in [0.1, 0.15) is 11.5 Å². The van der Waals surface area contributed by atoms with Crippen LogP contribution >= 0.6 is 0 Å². The van der Waals surface area contributed by atoms with E-state index in [0.29, 0.717) is 12.2 Å². The average molecular weight is 269 g/mol. The highest BCUT2D eigenvalue weighted by atomic mass is 19.3. The normalized spacial score (nSPS) is 16.7. The van der Waals surface area contributed by atoms with Crippen LogP contribution < -0.4 is 10.1 Å². The molecule has 1 aromatic rings. The van der Waals surface area contributed by atoms with Crippen molar-refractivity contribution in [3.8, 4) is 5.75 Å². The molecule has 0 fully saturated rings. The van der Waals surface area contributed by atoms with E-state index in [2.05, 4.69) is 10.1 Å². The van der Waals surface area contributed by atoms with E-state index in [4.69, 9.17) is 4.74 Å². The lowest BCUT2D eigenvalue weighted by molar-refractivity contribution is -0.0507. The first-order chi connectivity index (χ1) is 9.22. The molecule has 0 saturated heterocycles. The number of nitrogens with one attached hydrogen (secondary N) is 1. The maximum Gasteiger partial charge on any atom is 0.387 e. The molecule has 3 nitrogen and oxygen atoms in total. The molecule has 0 aliphatic carbocycles. The standard InChI is InChI=1S/C14H17F2NO2/c1-17-13(12-8-4-5-9-18-12)10-6-2-3-7-11(10)19-14(15)16/h2-3,6-8,13-14,17H,4-5,9H2,1H3. The van der Waals surface area contributed by atoms with E-state index >= 15 is 0 Å². The van der Waals surface area contributed by atoms with E-state index in [-0.39, 0.29) is 11.8 Å². The van der Waals surface area contributed by atoms with Crippen molar-refractivity contribution in [2.45, 2.75) is 25.5 Å². The van der Waals surface area contributed by atoms with Crippen LogP contribution in [0.25, 0.3) is 0 Å². The van der Waals surface area contributed by atoms with Gasteiger partial charge < -0.3 is 14.8 Å². The van der Waals surface area contributed by atoms with Gasteiger partial charge in [0.25, 0.3) is 0 Å². The summed E-state index contributed by atoms with van der Waals surface area (Å²) in [5.41, 5.74) is 0.651. The van der Waals surface area contributed by atoms with Crippen molar-refractivity contribution in [1.82, 2.24) is 5.32 Å². The van der Waals surface area contributed by atoms with Gasteiger partial charge in [-0.2, -0.15) is 8.78 Å². The van der Waals surface area contributed by atoms with Gasteiger partial charge in [-0.1, -0.05) is 18.2 Å². The molecule has 0 saturated carbocycles. The van der Waals surface area contributed by atoms with Crippen molar-refractivity contribution >= 4 is 0 Å². The van der Waals surface area contributed by atoms with Gasteiger partial charge >= 0.3 is 6.61 Å². The molecule has 104 valence electrons. The second-order valence-electron chi connectivity index (χ2n) is 4.24. The summed E-state index contributed by atoms with van der Waals surface area (Å²) >= 11 is 0. The maximum atomic E-state index is 12.4. The number of para-hydroxylation sites is 1. The van der Waals surface area contributed by atoms with E-state index < -0.39 is 6.61 Å². The first-order valence-electron chi connectivity index (χ1n) is 6.26. The number of allylic oxidation sites excluding steroid dienone is 1. The van der Waals surface area contributed by atoms with Crippen LogP contribution in [0.3, 0.4) is 0 Å². The summed E-state index contributed by atoms with van der Waals surface area (Å²) in [4.78, 5) is 0. The minimum Gasteiger partial charge on any atom is -0.496 e. The van der Waals surface area contributed by atoms with Crippen molar-refractivity contribution in [3.05, 3.63) is 41.7 Å². The quantitative estimate of drug-likeness (QED) is 0.890. The third-order valence-electron chi connectivity index (χ3n) is 2.98. The number of alkyl halides is 2. The minimum atomic E-state index is -2.83. The van der Waals surface area contributed by atoms with E-state index in [0.717, 1.165) is 18.6 Å². The van der Waals surface area contributed by atoms with Gasteiger partial charge in [-0.15, -0.1) is 0 Å². The molecule has 19 heavy (non-hydrogen) atoms. The fourth-order valence-corrected chi connectivity index (χ4v) is 2.15. The lowest BCUT2D eigenvalue weighted by atomic mass is 10.0. The number of benzene rings is 1. The zero-order valence-electron chi connectivity index (χ0n) is 10.7. The van der Waals surface area contributed by atoms with Gasteiger partial charge in [-0.3, -0.25) is 0 Å². The van der Waals surface area contributed by atoms with Crippen molar-refractivity contribution < 1.29 is 18.3 Å². The molecule has 2 rings (SSSR count). The first kappa shape index (κ1) is 13.8. The fraction of sp³-hybridized carbons (Fsp3) is 0.429. The maximum absolute atomic E-state index is 12.4. The van der Waals surface area contributed by atoms with E-state index in [1.807, 2.05) is 6.08 Å². The van der Waals surface area contributed by atoms with Crippen molar-refractivity contribution in [2.75, 3.05) is 13.7 Å². The highest BCUT2D eigenvalue weighted by molar-refractivity contribution is 5.39. The molecule has 0 amide bonds. The molecule has 0 radical (unpaired) electrons. The Hall–Kier alpha value is -1.62. The van der Waals surface area contributed by atoms with Crippen LogP contribution in [0.1, 0.15) is 24.4 Å². The lowest BCUT2D eigenvalue weighted by Gasteiger charge is -2.25. The number of rotatable bonds is 5. The third-order valence-corrected chi connectivity index (χ3v) is 2.98. The molecular formula is C14H17F2NO2. The predicted molar refractivity (Wildman–Crippen MR) is 68.1 cm³/mol. The topological polar surface area (TPSA) is 30.5 Å². The summed E-state index contributed by atoms with van der Waals surface area (Å²) in [5.74, 6) is 0.936. The van der Waals surface area contributed by atoms with Crippen LogP contribution in [0, 0.1) is 0 Å². The van der Waals surface area contributed by atoms with Crippen LogP contribution in [0.5, 0.6) is 5.75 Å². The number of halogens is 2. The highest BCUT2D eigenvalue weighted by Crippen LogP contribution is 2.32. The van der Waals surface area contributed by atoms with Crippen molar-refractivity contribution in [3.63, 3.8) is 0 Å². The Morgan fingerprint density at radius 1 is 1.32 bits per heavy atom. The average Bonchev–Trinajstić information content (AvgIpc) is 2.42. The Morgan fingerprint density at radius 2 is 2.11 bits per heavy atom. The first-order valence-corrected chi connectivity index (χ1v) is 6.26. The molecule has 1 unspecified atom stereocenters. The minimum absolute atomic E-state index is 0.173. The Balaban J connectivity index is 2.29. The summed E-state index contributed by atoms with van der Waals surface area (Å²) in [7, 11) is 1.77. The molecule has 1 aromatic carbocycles. The number of ether oxygens (including phenoxy) is 2. The van der Waals surface area contributed by atoms with Crippen LogP contribution in [0.4, 0.5) is 8.78 Å². The Labute approximate surface area is 111 Å². The predicted octanol–water partition coefficient (Wildman–Crippen LogP) is 3.24. The van der Waals surface area contributed by atoms with Crippen molar-refractivity contribution in [1.29, 1.82) is 0 Å². The Kier molecular flexibility index (Phi) is 4.74. The highest BCUT2D eigenvalue weighted by Gasteiger charge is 2.22. The molecule has 5 heteroatoms. The second-order valence-corrected chi connectivity index (χ2v) is 4.24. The monoisotopic (exact) mass is 269 g/mol. The zero-order valence-corrected chi connectivity index (χ0v) is 10.7. The molecule has 1 aliphatic heterocycles. The SMILES string of the molecule is CNC(C1=CCCCO1)c1ccccc1OC(F)F. The van der Waals surface area contributed by atoms with Crippen LogP contribution in [-0.2, 0) is 4.74 Å². The van der Waals surface area contributed by atoms with Crippen LogP contribution in [0.15, 0.2) is 36.1 Å². The largest absolute Gasteiger partial charge is 0.496 e. The van der Waals surface area contributed by atoms with Gasteiger partial charge in [0.15, 0.2) is 0 Å². The number of hydrogen-bond donors (Lipinski definition) is 1. The van der Waals surface area contributed by atoms with Gasteiger partial charge in [-0.05, 0) is 32.0 Å². The van der Waals surface area contributed by atoms with Crippen LogP contribution in [0.2, 0.25) is 0 Å². The summed E-state index contributed by atoms with van der Waals surface area (Å²) in [6.07, 6.45) is 3.91. The molecule has 0 aromatic heterocycles. The molecular weight excluding hydrogens is 252 g/mol. The van der Waals surface area contributed by atoms with E-state index in [1.54, 1.807) is 25.2 Å².